The Morgan fingerprint density at radius 1 is 1.38 bits per heavy atom. The maximum absolute atomic E-state index is 9.91. The fraction of sp³-hybridized carbons (Fsp3) is 0.875. The van der Waals surface area contributed by atoms with E-state index in [0.717, 1.165) is 52.2 Å². The van der Waals surface area contributed by atoms with E-state index in [2.05, 4.69) is 10.2 Å². The van der Waals surface area contributed by atoms with E-state index in [4.69, 9.17) is 4.74 Å². The van der Waals surface area contributed by atoms with Crippen LogP contribution in [-0.2, 0) is 9.53 Å². The van der Waals surface area contributed by atoms with E-state index in [9.17, 15) is 4.79 Å². The molecule has 0 saturated carbocycles. The zero-order valence-electron chi connectivity index (χ0n) is 7.70. The minimum Gasteiger partial charge on any atom is -0.379 e. The smallest absolute Gasteiger partial charge is 0.207 e. The molecule has 0 aliphatic carbocycles. The summed E-state index contributed by atoms with van der Waals surface area (Å²) in [5, 5.41) is 2.65. The predicted molar refractivity (Wildman–Crippen MR) is 53.2 cm³/mol. The molecule has 5 heteroatoms. The summed E-state index contributed by atoms with van der Waals surface area (Å²) in [6.45, 7) is 5.59. The number of hydrogen-bond donors (Lipinski definition) is 1. The monoisotopic (exact) mass is 208 g/mol. The molecule has 0 atom stereocenters. The third kappa shape index (κ3) is 5.85. The summed E-state index contributed by atoms with van der Waals surface area (Å²) in [6, 6.07) is 0. The highest BCUT2D eigenvalue weighted by Crippen LogP contribution is 1.96. The van der Waals surface area contributed by atoms with Crippen LogP contribution in [0.1, 0.15) is 6.42 Å². The normalized spacial score (nSPS) is 17.5. The highest BCUT2D eigenvalue weighted by Gasteiger charge is 2.08. The molecular formula is C8H17ClN2O2. The molecule has 1 aliphatic rings. The Kier molecular flexibility index (Phi) is 8.08. The number of ether oxygens (including phenoxy) is 1. The molecule has 1 saturated heterocycles. The van der Waals surface area contributed by atoms with Gasteiger partial charge in [-0.2, -0.15) is 0 Å². The quantitative estimate of drug-likeness (QED) is 0.506. The van der Waals surface area contributed by atoms with Crippen LogP contribution >= 0.6 is 12.4 Å². The van der Waals surface area contributed by atoms with Crippen LogP contribution in [0.5, 0.6) is 0 Å². The van der Waals surface area contributed by atoms with Crippen molar-refractivity contribution < 1.29 is 9.53 Å². The van der Waals surface area contributed by atoms with Gasteiger partial charge in [0.1, 0.15) is 0 Å². The molecule has 1 amide bonds. The molecule has 0 aromatic rings. The highest BCUT2D eigenvalue weighted by atomic mass is 35.5. The Morgan fingerprint density at radius 2 is 2.08 bits per heavy atom. The molecular weight excluding hydrogens is 192 g/mol. The van der Waals surface area contributed by atoms with Gasteiger partial charge in [0.25, 0.3) is 0 Å². The van der Waals surface area contributed by atoms with Gasteiger partial charge in [0.15, 0.2) is 0 Å². The first-order valence-corrected chi connectivity index (χ1v) is 4.40. The van der Waals surface area contributed by atoms with Gasteiger partial charge in [-0.3, -0.25) is 9.69 Å². The molecule has 1 aliphatic heterocycles. The summed E-state index contributed by atoms with van der Waals surface area (Å²) in [4.78, 5) is 12.3. The summed E-state index contributed by atoms with van der Waals surface area (Å²) >= 11 is 0. The van der Waals surface area contributed by atoms with Crippen LogP contribution < -0.4 is 5.32 Å². The van der Waals surface area contributed by atoms with E-state index in [-0.39, 0.29) is 12.4 Å². The predicted octanol–water partition coefficient (Wildman–Crippen LogP) is -0.124. The van der Waals surface area contributed by atoms with Crippen LogP contribution in [0.4, 0.5) is 0 Å². The van der Waals surface area contributed by atoms with Crippen molar-refractivity contribution in [2.75, 3.05) is 39.4 Å². The van der Waals surface area contributed by atoms with E-state index in [0.29, 0.717) is 0 Å². The molecule has 0 unspecified atom stereocenters. The van der Waals surface area contributed by atoms with Crippen molar-refractivity contribution >= 4 is 18.8 Å². The third-order valence-electron chi connectivity index (χ3n) is 1.98. The molecule has 4 nitrogen and oxygen atoms in total. The number of amides is 1. The van der Waals surface area contributed by atoms with Gasteiger partial charge in [-0.1, -0.05) is 0 Å². The van der Waals surface area contributed by atoms with Crippen molar-refractivity contribution in [3.63, 3.8) is 0 Å². The summed E-state index contributed by atoms with van der Waals surface area (Å²) in [7, 11) is 0. The van der Waals surface area contributed by atoms with E-state index >= 15 is 0 Å². The molecule has 1 fully saturated rings. The van der Waals surface area contributed by atoms with Gasteiger partial charge in [0.2, 0.25) is 6.41 Å². The number of hydrogen-bond acceptors (Lipinski definition) is 3. The minimum atomic E-state index is 0. The molecule has 78 valence electrons. The number of morpholine rings is 1. The largest absolute Gasteiger partial charge is 0.379 e. The number of carbonyl (C=O) groups excluding carboxylic acids is 1. The van der Waals surface area contributed by atoms with Gasteiger partial charge < -0.3 is 10.1 Å². The summed E-state index contributed by atoms with van der Waals surface area (Å²) < 4.78 is 5.21. The molecule has 0 bridgehead atoms. The Hall–Kier alpha value is -0.320. The van der Waals surface area contributed by atoms with Crippen LogP contribution in [0.2, 0.25) is 0 Å². The lowest BCUT2D eigenvalue weighted by Gasteiger charge is -2.26. The molecule has 13 heavy (non-hydrogen) atoms. The van der Waals surface area contributed by atoms with Crippen molar-refractivity contribution in [3.8, 4) is 0 Å². The zero-order chi connectivity index (χ0) is 8.65. The molecule has 0 spiro atoms. The van der Waals surface area contributed by atoms with Gasteiger partial charge >= 0.3 is 0 Å². The van der Waals surface area contributed by atoms with Crippen molar-refractivity contribution in [1.82, 2.24) is 10.2 Å². The van der Waals surface area contributed by atoms with Gasteiger partial charge in [-0.25, -0.2) is 0 Å². The van der Waals surface area contributed by atoms with E-state index in [1.807, 2.05) is 0 Å². The Morgan fingerprint density at radius 3 is 2.69 bits per heavy atom. The first kappa shape index (κ1) is 12.7. The summed E-state index contributed by atoms with van der Waals surface area (Å²) in [6.07, 6.45) is 1.78. The topological polar surface area (TPSA) is 41.6 Å². The first-order chi connectivity index (χ1) is 5.93. The number of nitrogens with one attached hydrogen (secondary N) is 1. The van der Waals surface area contributed by atoms with Crippen LogP contribution in [0.25, 0.3) is 0 Å². The highest BCUT2D eigenvalue weighted by molar-refractivity contribution is 5.85. The van der Waals surface area contributed by atoms with Crippen molar-refractivity contribution in [3.05, 3.63) is 0 Å². The second kappa shape index (κ2) is 8.29. The van der Waals surface area contributed by atoms with Crippen LogP contribution in [0.15, 0.2) is 0 Å². The molecule has 0 aromatic heterocycles. The van der Waals surface area contributed by atoms with Crippen LogP contribution in [0.3, 0.4) is 0 Å². The molecule has 1 rings (SSSR count). The second-order valence-electron chi connectivity index (χ2n) is 2.88. The van der Waals surface area contributed by atoms with Gasteiger partial charge in [0, 0.05) is 19.6 Å². The minimum absolute atomic E-state index is 0. The lowest BCUT2D eigenvalue weighted by atomic mass is 10.3. The fourth-order valence-electron chi connectivity index (χ4n) is 1.29. The summed E-state index contributed by atoms with van der Waals surface area (Å²) in [5.74, 6) is 0. The van der Waals surface area contributed by atoms with Gasteiger partial charge in [0.05, 0.1) is 13.2 Å². The molecule has 0 radical (unpaired) electrons. The third-order valence-corrected chi connectivity index (χ3v) is 1.98. The van der Waals surface area contributed by atoms with Crippen molar-refractivity contribution in [2.45, 2.75) is 6.42 Å². The average molecular weight is 209 g/mol. The van der Waals surface area contributed by atoms with E-state index in [1.165, 1.54) is 0 Å². The van der Waals surface area contributed by atoms with Gasteiger partial charge in [-0.15, -0.1) is 12.4 Å². The fourth-order valence-corrected chi connectivity index (χ4v) is 1.29. The first-order valence-electron chi connectivity index (χ1n) is 4.40. The number of nitrogens with zero attached hydrogens (tertiary/aromatic N) is 1. The van der Waals surface area contributed by atoms with E-state index < -0.39 is 0 Å². The standard InChI is InChI=1S/C8H16N2O2.ClH/c11-8-9-2-1-3-10-4-6-12-7-5-10;/h8H,1-7H2,(H,9,11);1H. The van der Waals surface area contributed by atoms with Crippen LogP contribution in [0, 0.1) is 0 Å². The lowest BCUT2D eigenvalue weighted by Crippen LogP contribution is -2.37. The van der Waals surface area contributed by atoms with Crippen LogP contribution in [-0.4, -0.2) is 50.7 Å². The number of halogens is 1. The number of rotatable bonds is 5. The van der Waals surface area contributed by atoms with Crippen molar-refractivity contribution in [1.29, 1.82) is 0 Å². The maximum atomic E-state index is 9.91. The van der Waals surface area contributed by atoms with E-state index in [1.54, 1.807) is 0 Å². The maximum Gasteiger partial charge on any atom is 0.207 e. The number of carbonyl (C=O) groups is 1. The Bertz CT molecular complexity index is 129. The Balaban J connectivity index is 0.00000144. The average Bonchev–Trinajstić information content (AvgIpc) is 2.14. The van der Waals surface area contributed by atoms with Gasteiger partial charge in [-0.05, 0) is 13.0 Å². The second-order valence-corrected chi connectivity index (χ2v) is 2.88. The summed E-state index contributed by atoms with van der Waals surface area (Å²) in [5.41, 5.74) is 0. The lowest BCUT2D eigenvalue weighted by molar-refractivity contribution is -0.109. The molecule has 0 aromatic carbocycles. The zero-order valence-corrected chi connectivity index (χ0v) is 8.52. The molecule has 1 heterocycles. The SMILES string of the molecule is Cl.O=CNCCCN1CCOCC1. The van der Waals surface area contributed by atoms with Crippen molar-refractivity contribution in [2.24, 2.45) is 0 Å². The molecule has 1 N–H and O–H groups in total. The Labute approximate surface area is 85.0 Å².